The molecule has 0 saturated carbocycles. The highest BCUT2D eigenvalue weighted by Crippen LogP contribution is 2.23. The first kappa shape index (κ1) is 22.2. The molecule has 168 valence electrons. The van der Waals surface area contributed by atoms with Crippen molar-refractivity contribution in [2.75, 3.05) is 44.2 Å². The number of aryl methyl sites for hydroxylation is 1. The molecule has 2 aliphatic heterocycles. The van der Waals surface area contributed by atoms with Crippen molar-refractivity contribution < 1.29 is 16.8 Å². The topological polar surface area (TPSA) is 90.9 Å². The standard InChI is InChI=1S/C21H28N4O4S2/c1-18-5-7-19(8-6-18)30(26,27)25-14-4-11-23(15-16-25)21-10-9-20(17-22-21)31(28,29)24-12-2-3-13-24/h5-10,17H,2-4,11-16H2,1H3. The van der Waals surface area contributed by atoms with Gasteiger partial charge in [0.05, 0.1) is 4.90 Å². The lowest BCUT2D eigenvalue weighted by Crippen LogP contribution is -2.35. The fourth-order valence-corrected chi connectivity index (χ4v) is 6.94. The molecule has 2 aromatic rings. The molecule has 0 aliphatic carbocycles. The maximum absolute atomic E-state index is 13.0. The number of pyridine rings is 1. The van der Waals surface area contributed by atoms with Crippen LogP contribution in [0.4, 0.5) is 5.82 Å². The van der Waals surface area contributed by atoms with Crippen LogP contribution in [-0.2, 0) is 20.0 Å². The van der Waals surface area contributed by atoms with Crippen molar-refractivity contribution in [3.05, 3.63) is 48.2 Å². The van der Waals surface area contributed by atoms with E-state index in [9.17, 15) is 16.8 Å². The van der Waals surface area contributed by atoms with Gasteiger partial charge in [-0.05, 0) is 50.5 Å². The summed E-state index contributed by atoms with van der Waals surface area (Å²) >= 11 is 0. The van der Waals surface area contributed by atoms with Crippen LogP contribution >= 0.6 is 0 Å². The largest absolute Gasteiger partial charge is 0.355 e. The molecule has 10 heteroatoms. The van der Waals surface area contributed by atoms with E-state index in [-0.39, 0.29) is 4.90 Å². The van der Waals surface area contributed by atoms with Crippen LogP contribution in [0.1, 0.15) is 24.8 Å². The fourth-order valence-electron chi connectivity index (χ4n) is 4.01. The summed E-state index contributed by atoms with van der Waals surface area (Å²) in [6.07, 6.45) is 3.86. The van der Waals surface area contributed by atoms with Gasteiger partial charge < -0.3 is 4.90 Å². The Labute approximate surface area is 184 Å². The van der Waals surface area contributed by atoms with Gasteiger partial charge in [-0.1, -0.05) is 17.7 Å². The molecule has 2 saturated heterocycles. The molecule has 8 nitrogen and oxygen atoms in total. The normalized spacial score (nSPS) is 19.5. The van der Waals surface area contributed by atoms with Gasteiger partial charge in [0.25, 0.3) is 0 Å². The Morgan fingerprint density at radius 1 is 0.677 bits per heavy atom. The first-order chi connectivity index (χ1) is 14.8. The number of aromatic nitrogens is 1. The molecule has 31 heavy (non-hydrogen) atoms. The average Bonchev–Trinajstić information content (AvgIpc) is 3.20. The number of hydrogen-bond acceptors (Lipinski definition) is 6. The third kappa shape index (κ3) is 4.62. The number of sulfonamides is 2. The Morgan fingerprint density at radius 2 is 1.26 bits per heavy atom. The minimum Gasteiger partial charge on any atom is -0.355 e. The van der Waals surface area contributed by atoms with Crippen molar-refractivity contribution in [1.82, 2.24) is 13.6 Å². The van der Waals surface area contributed by atoms with E-state index >= 15 is 0 Å². The molecule has 0 bridgehead atoms. The van der Waals surface area contributed by atoms with E-state index in [1.807, 2.05) is 11.8 Å². The van der Waals surface area contributed by atoms with Crippen molar-refractivity contribution in [3.63, 3.8) is 0 Å². The van der Waals surface area contributed by atoms with Gasteiger partial charge in [0.2, 0.25) is 20.0 Å². The summed E-state index contributed by atoms with van der Waals surface area (Å²) in [4.78, 5) is 6.91. The SMILES string of the molecule is Cc1ccc(S(=O)(=O)N2CCCN(c3ccc(S(=O)(=O)N4CCCC4)cn3)CC2)cc1. The van der Waals surface area contributed by atoms with Crippen LogP contribution in [0.5, 0.6) is 0 Å². The highest BCUT2D eigenvalue weighted by atomic mass is 32.2. The van der Waals surface area contributed by atoms with Gasteiger partial charge in [-0.15, -0.1) is 0 Å². The van der Waals surface area contributed by atoms with E-state index in [0.717, 1.165) is 18.4 Å². The van der Waals surface area contributed by atoms with E-state index in [4.69, 9.17) is 0 Å². The molecular formula is C21H28N4O4S2. The molecule has 0 radical (unpaired) electrons. The molecule has 4 rings (SSSR count). The first-order valence-corrected chi connectivity index (χ1v) is 13.4. The Morgan fingerprint density at radius 3 is 1.90 bits per heavy atom. The van der Waals surface area contributed by atoms with Crippen molar-refractivity contribution >= 4 is 25.9 Å². The van der Waals surface area contributed by atoms with Crippen molar-refractivity contribution in [1.29, 1.82) is 0 Å². The second kappa shape index (κ2) is 8.85. The molecule has 0 N–H and O–H groups in total. The van der Waals surface area contributed by atoms with Crippen LogP contribution < -0.4 is 4.90 Å². The van der Waals surface area contributed by atoms with E-state index in [2.05, 4.69) is 4.98 Å². The van der Waals surface area contributed by atoms with Gasteiger partial charge in [0.1, 0.15) is 10.7 Å². The molecule has 0 spiro atoms. The molecule has 0 unspecified atom stereocenters. The third-order valence-electron chi connectivity index (χ3n) is 5.86. The summed E-state index contributed by atoms with van der Waals surface area (Å²) in [5, 5.41) is 0. The monoisotopic (exact) mass is 464 g/mol. The summed E-state index contributed by atoms with van der Waals surface area (Å²) in [7, 11) is -7.03. The summed E-state index contributed by atoms with van der Waals surface area (Å²) in [5.74, 6) is 0.662. The molecule has 0 amide bonds. The van der Waals surface area contributed by atoms with Crippen LogP contribution in [0.2, 0.25) is 0 Å². The Hall–Kier alpha value is -2.01. The highest BCUT2D eigenvalue weighted by Gasteiger charge is 2.29. The molecular weight excluding hydrogens is 436 g/mol. The van der Waals surface area contributed by atoms with Crippen molar-refractivity contribution in [2.45, 2.75) is 36.0 Å². The zero-order valence-corrected chi connectivity index (χ0v) is 19.3. The van der Waals surface area contributed by atoms with E-state index in [1.54, 1.807) is 36.4 Å². The third-order valence-corrected chi connectivity index (χ3v) is 9.66. The van der Waals surface area contributed by atoms with Gasteiger partial charge >= 0.3 is 0 Å². The average molecular weight is 465 g/mol. The number of nitrogens with zero attached hydrogens (tertiary/aromatic N) is 4. The number of rotatable bonds is 5. The predicted octanol–water partition coefficient (Wildman–Crippen LogP) is 2.08. The molecule has 0 atom stereocenters. The van der Waals surface area contributed by atoms with Crippen molar-refractivity contribution in [3.8, 4) is 0 Å². The number of anilines is 1. The van der Waals surface area contributed by atoms with Gasteiger partial charge in [-0.3, -0.25) is 0 Å². The lowest BCUT2D eigenvalue weighted by Gasteiger charge is -2.23. The van der Waals surface area contributed by atoms with Gasteiger partial charge in [0, 0.05) is 45.5 Å². The lowest BCUT2D eigenvalue weighted by atomic mass is 10.2. The Kier molecular flexibility index (Phi) is 6.34. The maximum Gasteiger partial charge on any atom is 0.244 e. The highest BCUT2D eigenvalue weighted by molar-refractivity contribution is 7.89. The van der Waals surface area contributed by atoms with Crippen LogP contribution in [0.15, 0.2) is 52.4 Å². The number of benzene rings is 1. The van der Waals surface area contributed by atoms with Gasteiger partial charge in [-0.2, -0.15) is 8.61 Å². The van der Waals surface area contributed by atoms with E-state index in [0.29, 0.717) is 56.4 Å². The number of hydrogen-bond donors (Lipinski definition) is 0. The van der Waals surface area contributed by atoms with Crippen LogP contribution in [0.3, 0.4) is 0 Å². The van der Waals surface area contributed by atoms with Crippen LogP contribution in [0.25, 0.3) is 0 Å². The van der Waals surface area contributed by atoms with Crippen molar-refractivity contribution in [2.24, 2.45) is 0 Å². The van der Waals surface area contributed by atoms with E-state index < -0.39 is 20.0 Å². The fraction of sp³-hybridized carbons (Fsp3) is 0.476. The summed E-state index contributed by atoms with van der Waals surface area (Å²) in [6, 6.07) is 10.2. The zero-order chi connectivity index (χ0) is 22.1. The second-order valence-corrected chi connectivity index (χ2v) is 11.9. The Bertz CT molecular complexity index is 1110. The summed E-state index contributed by atoms with van der Waals surface area (Å²) in [6.45, 7) is 4.99. The quantitative estimate of drug-likeness (QED) is 0.673. The first-order valence-electron chi connectivity index (χ1n) is 10.6. The Balaban J connectivity index is 1.46. The molecule has 1 aromatic carbocycles. The summed E-state index contributed by atoms with van der Waals surface area (Å²) < 4.78 is 54.4. The lowest BCUT2D eigenvalue weighted by molar-refractivity contribution is 0.433. The maximum atomic E-state index is 13.0. The summed E-state index contributed by atoms with van der Waals surface area (Å²) in [5.41, 5.74) is 1.02. The van der Waals surface area contributed by atoms with Gasteiger partial charge in [0.15, 0.2) is 0 Å². The predicted molar refractivity (Wildman–Crippen MR) is 119 cm³/mol. The van der Waals surface area contributed by atoms with E-state index in [1.165, 1.54) is 14.8 Å². The molecule has 2 aliphatic rings. The minimum absolute atomic E-state index is 0.205. The molecule has 1 aromatic heterocycles. The van der Waals surface area contributed by atoms with Gasteiger partial charge in [-0.25, -0.2) is 21.8 Å². The smallest absolute Gasteiger partial charge is 0.244 e. The molecule has 3 heterocycles. The molecule has 2 fully saturated rings. The van der Waals surface area contributed by atoms with Crippen LogP contribution in [0, 0.1) is 6.92 Å². The zero-order valence-electron chi connectivity index (χ0n) is 17.6. The minimum atomic E-state index is -3.54. The van der Waals surface area contributed by atoms with Crippen LogP contribution in [-0.4, -0.2) is 69.7 Å². The second-order valence-electron chi connectivity index (χ2n) is 8.02.